The molecule has 1 aromatic heterocycles. The van der Waals surface area contributed by atoms with Crippen LogP contribution in [0, 0.1) is 6.92 Å². The van der Waals surface area contributed by atoms with E-state index in [9.17, 15) is 9.59 Å². The van der Waals surface area contributed by atoms with Gasteiger partial charge < -0.3 is 10.2 Å². The fourth-order valence-corrected chi connectivity index (χ4v) is 1.51. The van der Waals surface area contributed by atoms with Crippen LogP contribution >= 0.6 is 0 Å². The average Bonchev–Trinajstić information content (AvgIpc) is 2.31. The van der Waals surface area contributed by atoms with E-state index in [4.69, 9.17) is 10.2 Å². The maximum Gasteiger partial charge on any atom is 0.332 e. The number of nitrogens with one attached hydrogen (secondary N) is 1. The number of carbonyl (C=O) groups is 1. The van der Waals surface area contributed by atoms with Crippen molar-refractivity contribution in [2.24, 2.45) is 10.8 Å². The molecule has 2 amide bonds. The van der Waals surface area contributed by atoms with Crippen LogP contribution < -0.4 is 16.6 Å². The zero-order valence-electron chi connectivity index (χ0n) is 9.64. The maximum absolute atomic E-state index is 12.0. The molecular formula is C12H11N3O3. The fourth-order valence-electron chi connectivity index (χ4n) is 1.51. The zero-order valence-corrected chi connectivity index (χ0v) is 9.64. The molecule has 0 radical (unpaired) electrons. The summed E-state index contributed by atoms with van der Waals surface area (Å²) < 4.78 is 5.33. The number of urea groups is 1. The van der Waals surface area contributed by atoms with Gasteiger partial charge >= 0.3 is 6.03 Å². The number of primary amides is 1. The molecule has 3 N–H and O–H groups in total. The van der Waals surface area contributed by atoms with E-state index in [-0.39, 0.29) is 11.0 Å². The Kier molecular flexibility index (Phi) is 3.09. The van der Waals surface area contributed by atoms with Gasteiger partial charge in [0.05, 0.1) is 17.2 Å². The molecule has 0 aliphatic heterocycles. The van der Waals surface area contributed by atoms with Crippen LogP contribution in [0.4, 0.5) is 4.79 Å². The molecule has 1 heterocycles. The Morgan fingerprint density at radius 1 is 1.50 bits per heavy atom. The molecule has 2 aromatic rings. The molecule has 0 unspecified atom stereocenters. The summed E-state index contributed by atoms with van der Waals surface area (Å²) in [5, 5.41) is 3.98. The lowest BCUT2D eigenvalue weighted by atomic mass is 10.1. The van der Waals surface area contributed by atoms with Crippen LogP contribution in [0.3, 0.4) is 0 Å². The first-order valence-corrected chi connectivity index (χ1v) is 5.18. The highest BCUT2D eigenvalue weighted by Crippen LogP contribution is 2.12. The van der Waals surface area contributed by atoms with Gasteiger partial charge in [-0.05, 0) is 24.6 Å². The fraction of sp³-hybridized carbons (Fsp3) is 0.0833. The number of benzene rings is 1. The van der Waals surface area contributed by atoms with Crippen molar-refractivity contribution >= 4 is 23.2 Å². The second kappa shape index (κ2) is 4.70. The van der Waals surface area contributed by atoms with E-state index in [1.807, 2.05) is 18.4 Å². The van der Waals surface area contributed by atoms with E-state index in [1.165, 1.54) is 12.5 Å². The Hall–Kier alpha value is -2.63. The van der Waals surface area contributed by atoms with Gasteiger partial charge in [-0.15, -0.1) is 0 Å². The SMILES string of the molecule is Cc1ccc2c(=O)c(/C=N\NC(N)=O)coc2c1. The van der Waals surface area contributed by atoms with Crippen LogP contribution in [-0.2, 0) is 0 Å². The Bertz CT molecular complexity index is 689. The Morgan fingerprint density at radius 3 is 3.00 bits per heavy atom. The van der Waals surface area contributed by atoms with E-state index in [0.29, 0.717) is 11.0 Å². The minimum Gasteiger partial charge on any atom is -0.463 e. The molecule has 0 fully saturated rings. The van der Waals surface area contributed by atoms with Crippen molar-refractivity contribution in [3.05, 3.63) is 45.8 Å². The molecule has 2 rings (SSSR count). The number of hydrazone groups is 1. The Balaban J connectivity index is 2.45. The first-order valence-electron chi connectivity index (χ1n) is 5.18. The predicted octanol–water partition coefficient (Wildman–Crippen LogP) is 1.10. The zero-order chi connectivity index (χ0) is 13.1. The largest absolute Gasteiger partial charge is 0.463 e. The van der Waals surface area contributed by atoms with E-state index in [1.54, 1.807) is 12.1 Å². The molecule has 1 aromatic carbocycles. The van der Waals surface area contributed by atoms with Crippen molar-refractivity contribution in [2.75, 3.05) is 0 Å². The van der Waals surface area contributed by atoms with Crippen molar-refractivity contribution in [3.8, 4) is 0 Å². The van der Waals surface area contributed by atoms with Gasteiger partial charge in [-0.1, -0.05) is 6.07 Å². The van der Waals surface area contributed by atoms with E-state index in [0.717, 1.165) is 5.56 Å². The highest BCUT2D eigenvalue weighted by Gasteiger charge is 2.05. The van der Waals surface area contributed by atoms with Crippen LogP contribution in [0.15, 0.2) is 38.8 Å². The van der Waals surface area contributed by atoms with E-state index < -0.39 is 6.03 Å². The van der Waals surface area contributed by atoms with Crippen molar-refractivity contribution in [2.45, 2.75) is 6.92 Å². The van der Waals surface area contributed by atoms with Gasteiger partial charge in [0.1, 0.15) is 11.8 Å². The van der Waals surface area contributed by atoms with Gasteiger partial charge in [-0.2, -0.15) is 5.10 Å². The molecule has 0 saturated carbocycles. The number of carbonyl (C=O) groups excluding carboxylic acids is 1. The van der Waals surface area contributed by atoms with Crippen molar-refractivity contribution in [1.82, 2.24) is 5.43 Å². The third-order valence-corrected chi connectivity index (χ3v) is 2.34. The number of hydrogen-bond donors (Lipinski definition) is 2. The molecular weight excluding hydrogens is 234 g/mol. The van der Waals surface area contributed by atoms with Gasteiger partial charge in [-0.25, -0.2) is 10.2 Å². The van der Waals surface area contributed by atoms with Gasteiger partial charge in [0, 0.05) is 0 Å². The standard InChI is InChI=1S/C12H11N3O3/c1-7-2-3-9-10(4-7)18-6-8(11(9)16)5-14-15-12(13)17/h2-6H,1H3,(H3,13,15,17)/b14-5-. The minimum atomic E-state index is -0.799. The highest BCUT2D eigenvalue weighted by atomic mass is 16.3. The summed E-state index contributed by atoms with van der Waals surface area (Å²) in [5.74, 6) is 0. The summed E-state index contributed by atoms with van der Waals surface area (Å²) in [5.41, 5.74) is 8.38. The molecule has 0 aliphatic carbocycles. The van der Waals surface area contributed by atoms with Crippen molar-refractivity contribution in [1.29, 1.82) is 0 Å². The topological polar surface area (TPSA) is 97.7 Å². The third-order valence-electron chi connectivity index (χ3n) is 2.34. The summed E-state index contributed by atoms with van der Waals surface area (Å²) in [6.07, 6.45) is 2.48. The van der Waals surface area contributed by atoms with Crippen LogP contribution in [0.2, 0.25) is 0 Å². The Morgan fingerprint density at radius 2 is 2.28 bits per heavy atom. The molecule has 0 spiro atoms. The quantitative estimate of drug-likeness (QED) is 0.612. The summed E-state index contributed by atoms with van der Waals surface area (Å²) in [6, 6.07) is 4.49. The monoisotopic (exact) mass is 245 g/mol. The summed E-state index contributed by atoms with van der Waals surface area (Å²) in [4.78, 5) is 22.4. The number of nitrogens with zero attached hydrogens (tertiary/aromatic N) is 1. The first-order chi connectivity index (χ1) is 8.58. The summed E-state index contributed by atoms with van der Waals surface area (Å²) in [6.45, 7) is 1.91. The molecule has 0 bridgehead atoms. The van der Waals surface area contributed by atoms with Gasteiger partial charge in [-0.3, -0.25) is 4.79 Å². The molecule has 6 heteroatoms. The molecule has 92 valence electrons. The van der Waals surface area contributed by atoms with Crippen LogP contribution in [0.5, 0.6) is 0 Å². The first kappa shape index (κ1) is 11.8. The number of nitrogens with two attached hydrogens (primary N) is 1. The lowest BCUT2D eigenvalue weighted by Gasteiger charge is -1.99. The molecule has 0 saturated heterocycles. The van der Waals surface area contributed by atoms with Crippen LogP contribution in [0.25, 0.3) is 11.0 Å². The van der Waals surface area contributed by atoms with Crippen molar-refractivity contribution < 1.29 is 9.21 Å². The molecule has 18 heavy (non-hydrogen) atoms. The molecule has 0 atom stereocenters. The van der Waals surface area contributed by atoms with Gasteiger partial charge in [0.15, 0.2) is 0 Å². The molecule has 0 aliphatic rings. The summed E-state index contributed by atoms with van der Waals surface area (Å²) >= 11 is 0. The van der Waals surface area contributed by atoms with Gasteiger partial charge in [0.2, 0.25) is 5.43 Å². The normalized spacial score (nSPS) is 10.9. The van der Waals surface area contributed by atoms with Crippen molar-refractivity contribution in [3.63, 3.8) is 0 Å². The van der Waals surface area contributed by atoms with Crippen LogP contribution in [0.1, 0.15) is 11.1 Å². The van der Waals surface area contributed by atoms with Gasteiger partial charge in [0.25, 0.3) is 0 Å². The molecule has 6 nitrogen and oxygen atoms in total. The second-order valence-corrected chi connectivity index (χ2v) is 3.75. The smallest absolute Gasteiger partial charge is 0.332 e. The number of amides is 2. The Labute approximate surface area is 102 Å². The van der Waals surface area contributed by atoms with Crippen LogP contribution in [-0.4, -0.2) is 12.2 Å². The number of rotatable bonds is 2. The average molecular weight is 245 g/mol. The minimum absolute atomic E-state index is 0.216. The van der Waals surface area contributed by atoms with E-state index in [2.05, 4.69) is 5.10 Å². The lowest BCUT2D eigenvalue weighted by Crippen LogP contribution is -2.24. The number of hydrogen-bond acceptors (Lipinski definition) is 4. The third kappa shape index (κ3) is 2.37. The highest BCUT2D eigenvalue weighted by molar-refractivity contribution is 5.87. The number of fused-ring (bicyclic) bond motifs is 1. The summed E-state index contributed by atoms with van der Waals surface area (Å²) in [7, 11) is 0. The lowest BCUT2D eigenvalue weighted by molar-refractivity contribution is 0.249. The maximum atomic E-state index is 12.0. The van der Waals surface area contributed by atoms with E-state index >= 15 is 0 Å². The second-order valence-electron chi connectivity index (χ2n) is 3.75. The predicted molar refractivity (Wildman–Crippen MR) is 67.5 cm³/mol. The number of aryl methyl sites for hydroxylation is 1.